The van der Waals surface area contributed by atoms with Gasteiger partial charge in [-0.2, -0.15) is 0 Å². The van der Waals surface area contributed by atoms with Crippen LogP contribution in [0.5, 0.6) is 0 Å². The van der Waals surface area contributed by atoms with E-state index in [1.165, 1.54) is 5.69 Å². The molecule has 0 saturated heterocycles. The fourth-order valence-electron chi connectivity index (χ4n) is 0.660. The second-order valence-corrected chi connectivity index (χ2v) is 3.36. The van der Waals surface area contributed by atoms with Crippen molar-refractivity contribution >= 4 is 17.4 Å². The Balaban J connectivity index is 2.88. The van der Waals surface area contributed by atoms with E-state index in [0.717, 1.165) is 5.01 Å². The second kappa shape index (κ2) is 2.97. The molecule has 0 saturated carbocycles. The molecule has 0 radical (unpaired) electrons. The molecule has 1 rings (SSSR count). The summed E-state index contributed by atoms with van der Waals surface area (Å²) in [5.41, 5.74) is 1.17. The molecule has 0 N–H and O–H groups in total. The molecule has 1 nitrogen and oxygen atoms in total. The van der Waals surface area contributed by atoms with Crippen LogP contribution in [0.4, 0.5) is 0 Å². The Hall–Kier alpha value is -0.630. The van der Waals surface area contributed by atoms with Crippen LogP contribution >= 0.6 is 11.3 Å². The molecule has 1 heterocycles. The van der Waals surface area contributed by atoms with Crippen molar-refractivity contribution in [1.29, 1.82) is 0 Å². The summed E-state index contributed by atoms with van der Waals surface area (Å²) in [6, 6.07) is 0. The van der Waals surface area contributed by atoms with E-state index >= 15 is 0 Å². The van der Waals surface area contributed by atoms with Gasteiger partial charge in [-0.15, -0.1) is 11.3 Å². The smallest absolute Gasteiger partial charge is 0.115 e. The van der Waals surface area contributed by atoms with E-state index in [1.807, 2.05) is 0 Å². The van der Waals surface area contributed by atoms with Crippen molar-refractivity contribution in [3.8, 4) is 0 Å². The number of hydrogen-bond donors (Lipinski definition) is 0. The van der Waals surface area contributed by atoms with Gasteiger partial charge in [0.2, 0.25) is 0 Å². The first-order valence-electron chi connectivity index (χ1n) is 3.32. The van der Waals surface area contributed by atoms with Crippen molar-refractivity contribution < 1.29 is 0 Å². The van der Waals surface area contributed by atoms with Gasteiger partial charge in [-0.1, -0.05) is 20.4 Å². The molecule has 54 valence electrons. The summed E-state index contributed by atoms with van der Waals surface area (Å²) in [6.07, 6.45) is 1.79. The summed E-state index contributed by atoms with van der Waals surface area (Å²) < 4.78 is 0. The van der Waals surface area contributed by atoms with Crippen LogP contribution in [0, 0.1) is 0 Å². The molecule has 0 aliphatic heterocycles. The molecule has 0 bridgehead atoms. The standard InChI is InChI=1S/C8H11NS/c1-4-8-9-7(5-10-8)6(2)3/h4-6H,1H2,2-3H3. The zero-order valence-corrected chi connectivity index (χ0v) is 7.11. The molecule has 1 aromatic heterocycles. The Morgan fingerprint density at radius 3 is 2.70 bits per heavy atom. The Kier molecular flexibility index (Phi) is 2.22. The zero-order valence-electron chi connectivity index (χ0n) is 6.29. The Morgan fingerprint density at radius 2 is 2.40 bits per heavy atom. The van der Waals surface area contributed by atoms with Gasteiger partial charge in [0.05, 0.1) is 5.69 Å². The van der Waals surface area contributed by atoms with Gasteiger partial charge in [0.1, 0.15) is 5.01 Å². The molecule has 10 heavy (non-hydrogen) atoms. The minimum absolute atomic E-state index is 0.532. The Labute approximate surface area is 65.4 Å². The fourth-order valence-corrected chi connectivity index (χ4v) is 1.48. The lowest BCUT2D eigenvalue weighted by Crippen LogP contribution is -1.85. The average molecular weight is 153 g/mol. The lowest BCUT2D eigenvalue weighted by Gasteiger charge is -1.95. The van der Waals surface area contributed by atoms with E-state index in [9.17, 15) is 0 Å². The molecule has 0 amide bonds. The van der Waals surface area contributed by atoms with Gasteiger partial charge in [0, 0.05) is 5.38 Å². The predicted octanol–water partition coefficient (Wildman–Crippen LogP) is 2.91. The number of nitrogens with zero attached hydrogens (tertiary/aromatic N) is 1. The summed E-state index contributed by atoms with van der Waals surface area (Å²) in [6.45, 7) is 7.93. The molecule has 0 atom stereocenters. The first-order valence-corrected chi connectivity index (χ1v) is 4.20. The summed E-state index contributed by atoms with van der Waals surface area (Å²) >= 11 is 1.65. The quantitative estimate of drug-likeness (QED) is 0.636. The minimum Gasteiger partial charge on any atom is -0.242 e. The third-order valence-corrected chi connectivity index (χ3v) is 2.16. The predicted molar refractivity (Wildman–Crippen MR) is 46.3 cm³/mol. The lowest BCUT2D eigenvalue weighted by atomic mass is 10.2. The van der Waals surface area contributed by atoms with E-state index in [1.54, 1.807) is 17.4 Å². The summed E-state index contributed by atoms with van der Waals surface area (Å²) in [5, 5.41) is 3.10. The van der Waals surface area contributed by atoms with Crippen molar-refractivity contribution in [3.05, 3.63) is 22.7 Å². The Bertz CT molecular complexity index is 225. The highest BCUT2D eigenvalue weighted by atomic mass is 32.1. The van der Waals surface area contributed by atoms with Crippen molar-refractivity contribution in [1.82, 2.24) is 4.98 Å². The SMILES string of the molecule is C=Cc1nc(C(C)C)cs1. The van der Waals surface area contributed by atoms with Gasteiger partial charge < -0.3 is 0 Å². The van der Waals surface area contributed by atoms with Crippen LogP contribution in [0.15, 0.2) is 12.0 Å². The molecule has 0 unspecified atom stereocenters. The molecular formula is C8H11NS. The summed E-state index contributed by atoms with van der Waals surface area (Å²) in [7, 11) is 0. The topological polar surface area (TPSA) is 12.9 Å². The summed E-state index contributed by atoms with van der Waals surface area (Å²) in [4.78, 5) is 4.33. The van der Waals surface area contributed by atoms with Crippen LogP contribution in [0.1, 0.15) is 30.5 Å². The molecule has 0 aliphatic rings. The van der Waals surface area contributed by atoms with Crippen LogP contribution < -0.4 is 0 Å². The number of rotatable bonds is 2. The molecular weight excluding hydrogens is 142 g/mol. The van der Waals surface area contributed by atoms with Gasteiger partial charge in [0.15, 0.2) is 0 Å². The van der Waals surface area contributed by atoms with E-state index in [2.05, 4.69) is 30.8 Å². The summed E-state index contributed by atoms with van der Waals surface area (Å²) in [5.74, 6) is 0.532. The largest absolute Gasteiger partial charge is 0.242 e. The first-order chi connectivity index (χ1) is 4.74. The normalized spacial score (nSPS) is 10.3. The first kappa shape index (κ1) is 7.48. The molecule has 0 aromatic carbocycles. The highest BCUT2D eigenvalue weighted by molar-refractivity contribution is 7.10. The fraction of sp³-hybridized carbons (Fsp3) is 0.375. The van der Waals surface area contributed by atoms with Gasteiger partial charge in [0.25, 0.3) is 0 Å². The maximum atomic E-state index is 4.33. The van der Waals surface area contributed by atoms with Crippen LogP contribution in [0.3, 0.4) is 0 Å². The monoisotopic (exact) mass is 153 g/mol. The van der Waals surface area contributed by atoms with Crippen LogP contribution in [0.2, 0.25) is 0 Å². The lowest BCUT2D eigenvalue weighted by molar-refractivity contribution is 0.832. The van der Waals surface area contributed by atoms with Crippen molar-refractivity contribution in [2.24, 2.45) is 0 Å². The third-order valence-electron chi connectivity index (χ3n) is 1.31. The molecule has 0 fully saturated rings. The van der Waals surface area contributed by atoms with Gasteiger partial charge in [-0.3, -0.25) is 0 Å². The molecule has 0 aliphatic carbocycles. The number of hydrogen-bond acceptors (Lipinski definition) is 2. The molecule has 1 aromatic rings. The van der Waals surface area contributed by atoms with E-state index in [0.29, 0.717) is 5.92 Å². The van der Waals surface area contributed by atoms with Crippen molar-refractivity contribution in [3.63, 3.8) is 0 Å². The molecule has 2 heteroatoms. The van der Waals surface area contributed by atoms with Gasteiger partial charge in [-0.25, -0.2) is 4.98 Å². The van der Waals surface area contributed by atoms with Gasteiger partial charge >= 0.3 is 0 Å². The van der Waals surface area contributed by atoms with Gasteiger partial charge in [-0.05, 0) is 12.0 Å². The van der Waals surface area contributed by atoms with Crippen LogP contribution in [-0.2, 0) is 0 Å². The zero-order chi connectivity index (χ0) is 7.56. The third kappa shape index (κ3) is 1.45. The van der Waals surface area contributed by atoms with E-state index in [4.69, 9.17) is 0 Å². The number of thiazole rings is 1. The highest BCUT2D eigenvalue weighted by Gasteiger charge is 2.01. The van der Waals surface area contributed by atoms with Crippen molar-refractivity contribution in [2.45, 2.75) is 19.8 Å². The minimum atomic E-state index is 0.532. The van der Waals surface area contributed by atoms with Crippen LogP contribution in [0.25, 0.3) is 6.08 Å². The maximum Gasteiger partial charge on any atom is 0.115 e. The average Bonchev–Trinajstić information content (AvgIpc) is 2.34. The highest BCUT2D eigenvalue weighted by Crippen LogP contribution is 2.17. The van der Waals surface area contributed by atoms with Crippen LogP contribution in [-0.4, -0.2) is 4.98 Å². The number of aromatic nitrogens is 1. The Morgan fingerprint density at radius 1 is 1.70 bits per heavy atom. The second-order valence-electron chi connectivity index (χ2n) is 2.47. The van der Waals surface area contributed by atoms with E-state index in [-0.39, 0.29) is 0 Å². The van der Waals surface area contributed by atoms with Crippen molar-refractivity contribution in [2.75, 3.05) is 0 Å². The molecule has 0 spiro atoms. The van der Waals surface area contributed by atoms with E-state index < -0.39 is 0 Å². The maximum absolute atomic E-state index is 4.33.